The average Bonchev–Trinajstić information content (AvgIpc) is 3.29. The molecule has 0 aromatic heterocycles. The van der Waals surface area contributed by atoms with E-state index in [1.807, 2.05) is 0 Å². The third-order valence-electron chi connectivity index (χ3n) is 13.0. The van der Waals surface area contributed by atoms with E-state index in [-0.39, 0.29) is 24.9 Å². The maximum atomic E-state index is 13.2. The second kappa shape index (κ2) is 52.1. The minimum absolute atomic E-state index is 0.0667. The molecule has 0 spiro atoms. The summed E-state index contributed by atoms with van der Waals surface area (Å²) in [6.45, 7) is 6.47. The Morgan fingerprint density at radius 3 is 1.23 bits per heavy atom. The highest BCUT2D eigenvalue weighted by molar-refractivity contribution is 5.77. The quantitative estimate of drug-likeness (QED) is 0.0321. The van der Waals surface area contributed by atoms with E-state index in [2.05, 4.69) is 62.5 Å². The Bertz CT molecular complexity index is 1060. The maximum Gasteiger partial charge on any atom is 0.306 e. The van der Waals surface area contributed by atoms with Crippen LogP contribution in [-0.4, -0.2) is 46.9 Å². The summed E-state index contributed by atoms with van der Waals surface area (Å²) in [5.74, 6) is -0.481. The van der Waals surface area contributed by atoms with Crippen molar-refractivity contribution in [3.63, 3.8) is 0 Å². The summed E-state index contributed by atoms with van der Waals surface area (Å²) in [5.41, 5.74) is 0. The first-order chi connectivity index (χ1) is 31.5. The second-order valence-corrected chi connectivity index (χ2v) is 19.3. The summed E-state index contributed by atoms with van der Waals surface area (Å²) in [6, 6.07) is -0.706. The highest BCUT2D eigenvalue weighted by Gasteiger charge is 2.24. The Balaban J connectivity index is 4.56. The van der Waals surface area contributed by atoms with Gasteiger partial charge in [-0.15, -0.1) is 0 Å². The molecule has 376 valence electrons. The predicted molar refractivity (Wildman–Crippen MR) is 278 cm³/mol. The van der Waals surface area contributed by atoms with E-state index in [4.69, 9.17) is 4.74 Å². The number of carbonyl (C=O) groups is 2. The zero-order valence-electron chi connectivity index (χ0n) is 42.9. The lowest BCUT2D eigenvalue weighted by atomic mass is 10.0. The van der Waals surface area contributed by atoms with Gasteiger partial charge in [0.05, 0.1) is 25.2 Å². The number of rotatable bonds is 51. The fraction of sp³-hybridized carbons (Fsp3) is 0.862. The minimum Gasteiger partial charge on any atom is -0.462 e. The van der Waals surface area contributed by atoms with Crippen LogP contribution >= 0.6 is 0 Å². The highest BCUT2D eigenvalue weighted by Crippen LogP contribution is 2.18. The van der Waals surface area contributed by atoms with Crippen LogP contribution < -0.4 is 5.32 Å². The Kier molecular flexibility index (Phi) is 50.5. The van der Waals surface area contributed by atoms with E-state index < -0.39 is 18.2 Å². The van der Waals surface area contributed by atoms with Crippen LogP contribution in [-0.2, 0) is 14.3 Å². The molecule has 0 aromatic rings. The number of amides is 1. The highest BCUT2D eigenvalue weighted by atomic mass is 16.5. The standard InChI is InChI=1S/C58H109NO5/c1-4-7-10-13-16-19-22-24-26-28-30-32-34-36-39-42-45-48-51-58(63)64-54(49-46-43-40-37-35-33-31-29-27-25-23-20-17-14-11-8-5-2)52-57(62)59-55(53-60)56(61)50-47-44-41-38-21-18-15-12-9-6-3/h17,20,25,27,31,33,54-56,60-61H,4-16,18-19,21-24,26,28-30,32,34-53H2,1-3H3,(H,59,62)/b20-17-,27-25-,33-31-. The van der Waals surface area contributed by atoms with Gasteiger partial charge in [0.2, 0.25) is 5.91 Å². The van der Waals surface area contributed by atoms with Crippen LogP contribution in [0.2, 0.25) is 0 Å². The molecule has 3 unspecified atom stereocenters. The SMILES string of the molecule is CCCCC/C=C\C/C=C\C/C=C\CCCCCCC(CC(=O)NC(CO)C(O)CCCCCCCCCCCC)OC(=O)CCCCCCCCCCCCCCCCCCCC. The monoisotopic (exact) mass is 900 g/mol. The Labute approximate surface area is 398 Å². The molecule has 0 bridgehead atoms. The molecule has 6 heteroatoms. The summed E-state index contributed by atoms with van der Waals surface area (Å²) >= 11 is 0. The van der Waals surface area contributed by atoms with Gasteiger partial charge in [-0.2, -0.15) is 0 Å². The van der Waals surface area contributed by atoms with Crippen LogP contribution in [0.1, 0.15) is 297 Å². The molecule has 3 N–H and O–H groups in total. The van der Waals surface area contributed by atoms with E-state index >= 15 is 0 Å². The number of hydrogen-bond donors (Lipinski definition) is 3. The van der Waals surface area contributed by atoms with Crippen molar-refractivity contribution in [3.8, 4) is 0 Å². The zero-order valence-corrected chi connectivity index (χ0v) is 42.9. The molecule has 0 aliphatic carbocycles. The van der Waals surface area contributed by atoms with E-state index in [0.29, 0.717) is 19.3 Å². The van der Waals surface area contributed by atoms with E-state index in [9.17, 15) is 19.8 Å². The number of aliphatic hydroxyl groups is 2. The van der Waals surface area contributed by atoms with Crippen molar-refractivity contribution in [2.45, 2.75) is 315 Å². The van der Waals surface area contributed by atoms with Crippen molar-refractivity contribution in [1.82, 2.24) is 5.32 Å². The van der Waals surface area contributed by atoms with Gasteiger partial charge in [0, 0.05) is 6.42 Å². The van der Waals surface area contributed by atoms with Gasteiger partial charge in [0.1, 0.15) is 6.10 Å². The molecule has 0 fully saturated rings. The van der Waals surface area contributed by atoms with Gasteiger partial charge < -0.3 is 20.3 Å². The molecule has 3 atom stereocenters. The number of hydrogen-bond acceptors (Lipinski definition) is 5. The number of unbranched alkanes of at least 4 members (excludes halogenated alkanes) is 33. The molecule has 0 heterocycles. The number of ether oxygens (including phenoxy) is 1. The van der Waals surface area contributed by atoms with Crippen LogP contribution in [0.15, 0.2) is 36.5 Å². The van der Waals surface area contributed by atoms with Crippen LogP contribution in [0.3, 0.4) is 0 Å². The molecular weight excluding hydrogens is 791 g/mol. The molecule has 0 saturated heterocycles. The number of carbonyl (C=O) groups excluding carboxylic acids is 2. The predicted octanol–water partition coefficient (Wildman–Crippen LogP) is 17.2. The molecule has 6 nitrogen and oxygen atoms in total. The molecule has 64 heavy (non-hydrogen) atoms. The van der Waals surface area contributed by atoms with Crippen molar-refractivity contribution in [1.29, 1.82) is 0 Å². The topological polar surface area (TPSA) is 95.9 Å². The average molecular weight is 901 g/mol. The fourth-order valence-corrected chi connectivity index (χ4v) is 8.67. The lowest BCUT2D eigenvalue weighted by Crippen LogP contribution is -2.46. The smallest absolute Gasteiger partial charge is 0.306 e. The Morgan fingerprint density at radius 2 is 0.797 bits per heavy atom. The molecule has 0 aliphatic rings. The van der Waals surface area contributed by atoms with Gasteiger partial charge in [-0.3, -0.25) is 9.59 Å². The summed E-state index contributed by atoms with van der Waals surface area (Å²) in [7, 11) is 0. The molecule has 0 aliphatic heterocycles. The van der Waals surface area contributed by atoms with Crippen molar-refractivity contribution < 1.29 is 24.5 Å². The summed E-state index contributed by atoms with van der Waals surface area (Å²) < 4.78 is 5.95. The van der Waals surface area contributed by atoms with E-state index in [1.165, 1.54) is 167 Å². The number of nitrogens with one attached hydrogen (secondary N) is 1. The zero-order chi connectivity index (χ0) is 46.7. The van der Waals surface area contributed by atoms with Gasteiger partial charge in [-0.05, 0) is 64.2 Å². The number of allylic oxidation sites excluding steroid dienone is 6. The van der Waals surface area contributed by atoms with Crippen LogP contribution in [0.5, 0.6) is 0 Å². The summed E-state index contributed by atoms with van der Waals surface area (Å²) in [4.78, 5) is 26.2. The van der Waals surface area contributed by atoms with Gasteiger partial charge in [-0.1, -0.05) is 256 Å². The van der Waals surface area contributed by atoms with Crippen molar-refractivity contribution >= 4 is 11.9 Å². The fourth-order valence-electron chi connectivity index (χ4n) is 8.67. The lowest BCUT2D eigenvalue weighted by Gasteiger charge is -2.24. The first kappa shape index (κ1) is 62.1. The van der Waals surface area contributed by atoms with E-state index in [0.717, 1.165) is 83.5 Å². The molecule has 0 aromatic carbocycles. The number of esters is 1. The molecule has 0 saturated carbocycles. The van der Waals surface area contributed by atoms with Gasteiger partial charge in [0.15, 0.2) is 0 Å². The van der Waals surface area contributed by atoms with Gasteiger partial charge in [-0.25, -0.2) is 0 Å². The first-order valence-corrected chi connectivity index (χ1v) is 28.2. The third kappa shape index (κ3) is 46.6. The van der Waals surface area contributed by atoms with Gasteiger partial charge in [0.25, 0.3) is 0 Å². The number of aliphatic hydroxyl groups excluding tert-OH is 2. The summed E-state index contributed by atoms with van der Waals surface area (Å²) in [6.07, 6.45) is 62.1. The van der Waals surface area contributed by atoms with Crippen molar-refractivity contribution in [2.75, 3.05) is 6.61 Å². The second-order valence-electron chi connectivity index (χ2n) is 19.3. The summed E-state index contributed by atoms with van der Waals surface area (Å²) in [5, 5.41) is 23.8. The Morgan fingerprint density at radius 1 is 0.453 bits per heavy atom. The third-order valence-corrected chi connectivity index (χ3v) is 13.0. The van der Waals surface area contributed by atoms with Gasteiger partial charge >= 0.3 is 5.97 Å². The molecule has 0 rings (SSSR count). The van der Waals surface area contributed by atoms with Crippen LogP contribution in [0.25, 0.3) is 0 Å². The normalized spacial score (nSPS) is 13.4. The first-order valence-electron chi connectivity index (χ1n) is 28.2. The lowest BCUT2D eigenvalue weighted by molar-refractivity contribution is -0.151. The maximum absolute atomic E-state index is 13.2. The van der Waals surface area contributed by atoms with Crippen molar-refractivity contribution in [2.24, 2.45) is 0 Å². The molecular formula is C58H109NO5. The van der Waals surface area contributed by atoms with E-state index in [1.54, 1.807) is 0 Å². The van der Waals surface area contributed by atoms with Crippen LogP contribution in [0, 0.1) is 0 Å². The van der Waals surface area contributed by atoms with Crippen molar-refractivity contribution in [3.05, 3.63) is 36.5 Å². The molecule has 1 amide bonds. The minimum atomic E-state index is -0.791. The Hall–Kier alpha value is -1.92. The largest absolute Gasteiger partial charge is 0.462 e. The molecule has 0 radical (unpaired) electrons. The van der Waals surface area contributed by atoms with Crippen LogP contribution in [0.4, 0.5) is 0 Å².